The Hall–Kier alpha value is -1.88. The number of carbonyl (C=O) groups excluding carboxylic acids is 2. The molecular formula is C15H19N3O2. The second-order valence-corrected chi connectivity index (χ2v) is 5.34. The summed E-state index contributed by atoms with van der Waals surface area (Å²) in [5.41, 5.74) is 2.54. The molecule has 1 saturated heterocycles. The van der Waals surface area contributed by atoms with Crippen LogP contribution in [0.5, 0.6) is 0 Å². The van der Waals surface area contributed by atoms with Crippen molar-refractivity contribution < 1.29 is 9.59 Å². The fraction of sp³-hybridized carbons (Fsp3) is 0.467. The fourth-order valence-electron chi connectivity index (χ4n) is 2.83. The third-order valence-corrected chi connectivity index (χ3v) is 3.99. The first-order chi connectivity index (χ1) is 9.74. The van der Waals surface area contributed by atoms with Gasteiger partial charge < -0.3 is 15.5 Å². The Labute approximate surface area is 118 Å². The second kappa shape index (κ2) is 5.63. The summed E-state index contributed by atoms with van der Waals surface area (Å²) in [5, 5.41) is 5.88. The van der Waals surface area contributed by atoms with Gasteiger partial charge in [-0.1, -0.05) is 24.3 Å². The van der Waals surface area contributed by atoms with Gasteiger partial charge in [0, 0.05) is 26.2 Å². The molecule has 3 rings (SSSR count). The molecule has 1 unspecified atom stereocenters. The van der Waals surface area contributed by atoms with Crippen LogP contribution >= 0.6 is 0 Å². The smallest absolute Gasteiger partial charge is 0.237 e. The molecule has 2 amide bonds. The lowest BCUT2D eigenvalue weighted by Crippen LogP contribution is -2.54. The van der Waals surface area contributed by atoms with Crippen LogP contribution in [0.25, 0.3) is 0 Å². The van der Waals surface area contributed by atoms with Crippen LogP contribution in [0.3, 0.4) is 0 Å². The largest absolute Gasteiger partial charge is 0.353 e. The molecule has 20 heavy (non-hydrogen) atoms. The Morgan fingerprint density at radius 1 is 1.25 bits per heavy atom. The van der Waals surface area contributed by atoms with Crippen molar-refractivity contribution in [1.29, 1.82) is 0 Å². The summed E-state index contributed by atoms with van der Waals surface area (Å²) < 4.78 is 0. The molecular weight excluding hydrogens is 254 g/mol. The van der Waals surface area contributed by atoms with Crippen molar-refractivity contribution in [2.24, 2.45) is 0 Å². The van der Waals surface area contributed by atoms with Gasteiger partial charge in [0.05, 0.1) is 12.5 Å². The zero-order valence-electron chi connectivity index (χ0n) is 11.4. The van der Waals surface area contributed by atoms with Crippen LogP contribution in [0.2, 0.25) is 0 Å². The number of rotatable bonds is 2. The molecule has 5 heteroatoms. The maximum Gasteiger partial charge on any atom is 0.237 e. The van der Waals surface area contributed by atoms with E-state index < -0.39 is 0 Å². The number of hydrogen-bond acceptors (Lipinski definition) is 3. The molecule has 2 aliphatic rings. The number of carbonyl (C=O) groups is 2. The Balaban J connectivity index is 1.63. The normalized spacial score (nSPS) is 22.1. The second-order valence-electron chi connectivity index (χ2n) is 5.34. The van der Waals surface area contributed by atoms with Crippen LogP contribution in [0, 0.1) is 0 Å². The molecule has 0 spiro atoms. The first kappa shape index (κ1) is 13.1. The maximum atomic E-state index is 12.3. The lowest BCUT2D eigenvalue weighted by Gasteiger charge is -2.31. The van der Waals surface area contributed by atoms with Gasteiger partial charge in [-0.15, -0.1) is 0 Å². The number of nitrogens with one attached hydrogen (secondary N) is 2. The summed E-state index contributed by atoms with van der Waals surface area (Å²) in [6, 6.07) is 7.84. The predicted octanol–water partition coefficient (Wildman–Crippen LogP) is 0.0494. The highest BCUT2D eigenvalue weighted by atomic mass is 16.2. The third-order valence-electron chi connectivity index (χ3n) is 3.99. The highest BCUT2D eigenvalue weighted by molar-refractivity contribution is 5.88. The van der Waals surface area contributed by atoms with E-state index in [9.17, 15) is 9.59 Å². The number of hydrogen-bond donors (Lipinski definition) is 2. The van der Waals surface area contributed by atoms with Gasteiger partial charge in [0.2, 0.25) is 11.8 Å². The molecule has 1 aromatic carbocycles. The topological polar surface area (TPSA) is 61.4 Å². The average molecular weight is 273 g/mol. The van der Waals surface area contributed by atoms with Crippen LogP contribution in [0.4, 0.5) is 0 Å². The molecule has 106 valence electrons. The van der Waals surface area contributed by atoms with Gasteiger partial charge in [0.25, 0.3) is 0 Å². The van der Waals surface area contributed by atoms with E-state index in [1.807, 2.05) is 17.0 Å². The summed E-state index contributed by atoms with van der Waals surface area (Å²) in [7, 11) is 0. The molecule has 0 aliphatic carbocycles. The van der Waals surface area contributed by atoms with E-state index in [1.165, 1.54) is 11.1 Å². The van der Waals surface area contributed by atoms with Gasteiger partial charge in [-0.05, 0) is 17.5 Å². The Morgan fingerprint density at radius 2 is 2.05 bits per heavy atom. The van der Waals surface area contributed by atoms with Gasteiger partial charge in [0.1, 0.15) is 0 Å². The molecule has 0 aromatic heterocycles. The van der Waals surface area contributed by atoms with Crippen molar-refractivity contribution >= 4 is 11.8 Å². The van der Waals surface area contributed by atoms with E-state index in [1.54, 1.807) is 0 Å². The van der Waals surface area contributed by atoms with E-state index in [4.69, 9.17) is 0 Å². The van der Waals surface area contributed by atoms with Crippen molar-refractivity contribution in [2.45, 2.75) is 25.4 Å². The minimum Gasteiger partial charge on any atom is -0.353 e. The van der Waals surface area contributed by atoms with Crippen LogP contribution in [0.1, 0.15) is 17.5 Å². The van der Waals surface area contributed by atoms with E-state index in [2.05, 4.69) is 22.8 Å². The van der Waals surface area contributed by atoms with Gasteiger partial charge in [0.15, 0.2) is 0 Å². The minimum absolute atomic E-state index is 0.0500. The lowest BCUT2D eigenvalue weighted by atomic mass is 9.99. The number of amides is 2. The van der Waals surface area contributed by atoms with Gasteiger partial charge in [-0.25, -0.2) is 0 Å². The van der Waals surface area contributed by atoms with Crippen LogP contribution in [-0.4, -0.2) is 42.4 Å². The van der Waals surface area contributed by atoms with Crippen molar-refractivity contribution in [3.63, 3.8) is 0 Å². The van der Waals surface area contributed by atoms with Crippen molar-refractivity contribution in [2.75, 3.05) is 19.6 Å². The zero-order valence-corrected chi connectivity index (χ0v) is 11.4. The highest BCUT2D eigenvalue weighted by Gasteiger charge is 2.27. The molecule has 0 bridgehead atoms. The number of nitrogens with zero attached hydrogens (tertiary/aromatic N) is 1. The lowest BCUT2D eigenvalue weighted by molar-refractivity contribution is -0.136. The molecule has 0 saturated carbocycles. The number of benzene rings is 1. The van der Waals surface area contributed by atoms with Crippen molar-refractivity contribution in [1.82, 2.24) is 15.5 Å². The zero-order chi connectivity index (χ0) is 13.9. The van der Waals surface area contributed by atoms with E-state index in [0.29, 0.717) is 13.1 Å². The molecule has 1 aromatic rings. The Morgan fingerprint density at radius 3 is 2.85 bits per heavy atom. The van der Waals surface area contributed by atoms with Gasteiger partial charge in [-0.2, -0.15) is 0 Å². The molecule has 1 fully saturated rings. The molecule has 1 atom stereocenters. The fourth-order valence-corrected chi connectivity index (χ4v) is 2.83. The van der Waals surface area contributed by atoms with Crippen molar-refractivity contribution in [3.8, 4) is 0 Å². The van der Waals surface area contributed by atoms with Crippen LogP contribution in [0.15, 0.2) is 24.3 Å². The summed E-state index contributed by atoms with van der Waals surface area (Å²) in [6.45, 7) is 2.76. The van der Waals surface area contributed by atoms with Gasteiger partial charge in [-0.3, -0.25) is 9.59 Å². The first-order valence-corrected chi connectivity index (χ1v) is 7.10. The molecule has 2 aliphatic heterocycles. The highest BCUT2D eigenvalue weighted by Crippen LogP contribution is 2.19. The number of fused-ring (bicyclic) bond motifs is 1. The first-order valence-electron chi connectivity index (χ1n) is 7.10. The predicted molar refractivity (Wildman–Crippen MR) is 75.0 cm³/mol. The van der Waals surface area contributed by atoms with E-state index in [-0.39, 0.29) is 24.3 Å². The Kier molecular flexibility index (Phi) is 3.69. The van der Waals surface area contributed by atoms with Crippen LogP contribution in [-0.2, 0) is 22.6 Å². The minimum atomic E-state index is -0.381. The number of piperazine rings is 1. The van der Waals surface area contributed by atoms with E-state index in [0.717, 1.165) is 19.5 Å². The molecule has 2 heterocycles. The molecule has 2 N–H and O–H groups in total. The van der Waals surface area contributed by atoms with Crippen molar-refractivity contribution in [3.05, 3.63) is 35.4 Å². The van der Waals surface area contributed by atoms with Gasteiger partial charge >= 0.3 is 0 Å². The molecule has 5 nitrogen and oxygen atoms in total. The summed E-state index contributed by atoms with van der Waals surface area (Å²) in [4.78, 5) is 25.8. The standard InChI is InChI=1S/C15H19N3O2/c19-14(9-13-15(20)17-7-6-16-13)18-8-5-11-3-1-2-4-12(11)10-18/h1-4,13,16H,5-10H2,(H,17,20). The summed E-state index contributed by atoms with van der Waals surface area (Å²) in [6.07, 6.45) is 1.14. The quantitative estimate of drug-likeness (QED) is 0.800. The van der Waals surface area contributed by atoms with E-state index >= 15 is 0 Å². The SMILES string of the molecule is O=C1NCCNC1CC(=O)N1CCc2ccccc2C1. The molecule has 0 radical (unpaired) electrons. The monoisotopic (exact) mass is 273 g/mol. The Bertz CT molecular complexity index is 530. The average Bonchev–Trinajstić information content (AvgIpc) is 2.49. The summed E-state index contributed by atoms with van der Waals surface area (Å²) >= 11 is 0. The maximum absolute atomic E-state index is 12.3. The third kappa shape index (κ3) is 2.67. The summed E-state index contributed by atoms with van der Waals surface area (Å²) in [5.74, 6) is -0.0175. The van der Waals surface area contributed by atoms with Crippen LogP contribution < -0.4 is 10.6 Å².